The van der Waals surface area contributed by atoms with Gasteiger partial charge < -0.3 is 0 Å². The molecule has 0 spiro atoms. The topological polar surface area (TPSA) is 64.4 Å². The monoisotopic (exact) mass is 231 g/mol. The molecule has 0 amide bonds. The Bertz CT molecular complexity index is 328. The first-order chi connectivity index (χ1) is 7.12. The van der Waals surface area contributed by atoms with E-state index in [-0.39, 0.29) is 6.54 Å². The summed E-state index contributed by atoms with van der Waals surface area (Å²) >= 11 is 0. The second-order valence-electron chi connectivity index (χ2n) is 3.61. The van der Waals surface area contributed by atoms with Crippen LogP contribution in [-0.2, 0) is 10.2 Å². The number of rotatable bonds is 5. The van der Waals surface area contributed by atoms with Gasteiger partial charge in [0.25, 0.3) is 10.2 Å². The van der Waals surface area contributed by atoms with Gasteiger partial charge in [-0.05, 0) is 19.3 Å². The second kappa shape index (κ2) is 5.45. The highest BCUT2D eigenvalue weighted by Crippen LogP contribution is 2.16. The van der Waals surface area contributed by atoms with Crippen LogP contribution < -0.4 is 0 Å². The lowest BCUT2D eigenvalue weighted by atomic mass is 10.4. The predicted molar refractivity (Wildman–Crippen MR) is 57.2 cm³/mol. The first-order valence-corrected chi connectivity index (χ1v) is 6.64. The van der Waals surface area contributed by atoms with Gasteiger partial charge in [-0.3, -0.25) is 0 Å². The third kappa shape index (κ3) is 2.91. The molecule has 5 nitrogen and oxygen atoms in total. The minimum Gasteiger partial charge on any atom is -0.197 e. The Balaban J connectivity index is 2.75. The molecule has 0 aliphatic carbocycles. The minimum atomic E-state index is -3.38. The standard InChI is InChI=1S/C9H17N3O2S/c1-2-6-11(9-5-10)15(13,14)12-7-3-4-8-12/h2-4,6-9H2,1H3. The molecule has 0 aromatic heterocycles. The summed E-state index contributed by atoms with van der Waals surface area (Å²) in [6.45, 7) is 3.46. The van der Waals surface area contributed by atoms with E-state index >= 15 is 0 Å². The summed E-state index contributed by atoms with van der Waals surface area (Å²) < 4.78 is 26.8. The van der Waals surface area contributed by atoms with Crippen molar-refractivity contribution in [1.29, 1.82) is 5.26 Å². The number of hydrogen-bond donors (Lipinski definition) is 0. The molecule has 1 fully saturated rings. The van der Waals surface area contributed by atoms with E-state index in [0.717, 1.165) is 19.3 Å². The highest BCUT2D eigenvalue weighted by molar-refractivity contribution is 7.86. The molecular formula is C9H17N3O2S. The van der Waals surface area contributed by atoms with Crippen molar-refractivity contribution < 1.29 is 8.42 Å². The molecule has 86 valence electrons. The maximum atomic E-state index is 12.0. The summed E-state index contributed by atoms with van der Waals surface area (Å²) in [7, 11) is -3.38. The average molecular weight is 231 g/mol. The highest BCUT2D eigenvalue weighted by atomic mass is 32.2. The van der Waals surface area contributed by atoms with E-state index < -0.39 is 10.2 Å². The van der Waals surface area contributed by atoms with Crippen LogP contribution in [0.3, 0.4) is 0 Å². The third-order valence-electron chi connectivity index (χ3n) is 2.44. The summed E-state index contributed by atoms with van der Waals surface area (Å²) in [6.07, 6.45) is 2.58. The van der Waals surface area contributed by atoms with Crippen molar-refractivity contribution in [3.8, 4) is 6.07 Å². The van der Waals surface area contributed by atoms with Gasteiger partial charge in [0.1, 0.15) is 6.54 Å². The van der Waals surface area contributed by atoms with E-state index in [1.807, 2.05) is 13.0 Å². The maximum absolute atomic E-state index is 12.0. The van der Waals surface area contributed by atoms with Crippen LogP contribution in [0.15, 0.2) is 0 Å². The van der Waals surface area contributed by atoms with Crippen LogP contribution in [0.5, 0.6) is 0 Å². The van der Waals surface area contributed by atoms with E-state index in [1.165, 1.54) is 8.61 Å². The molecule has 0 saturated carbocycles. The Labute approximate surface area is 91.5 Å². The number of nitriles is 1. The van der Waals surface area contributed by atoms with E-state index in [4.69, 9.17) is 5.26 Å². The molecule has 1 aliphatic heterocycles. The molecule has 0 bridgehead atoms. The lowest BCUT2D eigenvalue weighted by molar-refractivity contribution is 0.380. The fraction of sp³-hybridized carbons (Fsp3) is 0.889. The minimum absolute atomic E-state index is 0.0489. The van der Waals surface area contributed by atoms with Gasteiger partial charge in [0.05, 0.1) is 6.07 Å². The average Bonchev–Trinajstić information content (AvgIpc) is 2.70. The molecule has 0 unspecified atom stereocenters. The maximum Gasteiger partial charge on any atom is 0.282 e. The van der Waals surface area contributed by atoms with Crippen LogP contribution in [0.4, 0.5) is 0 Å². The molecule has 1 rings (SSSR count). The Kier molecular flexibility index (Phi) is 4.51. The molecule has 0 atom stereocenters. The molecular weight excluding hydrogens is 214 g/mol. The van der Waals surface area contributed by atoms with Crippen LogP contribution in [0.2, 0.25) is 0 Å². The molecule has 15 heavy (non-hydrogen) atoms. The zero-order valence-electron chi connectivity index (χ0n) is 9.02. The number of hydrogen-bond acceptors (Lipinski definition) is 3. The summed E-state index contributed by atoms with van der Waals surface area (Å²) in [5.74, 6) is 0. The Morgan fingerprint density at radius 3 is 2.47 bits per heavy atom. The van der Waals surface area contributed by atoms with Gasteiger partial charge >= 0.3 is 0 Å². The second-order valence-corrected chi connectivity index (χ2v) is 5.53. The SMILES string of the molecule is CCCN(CC#N)S(=O)(=O)N1CCCC1. The normalized spacial score (nSPS) is 18.2. The first-order valence-electron chi connectivity index (χ1n) is 5.25. The van der Waals surface area contributed by atoms with Crippen LogP contribution in [0, 0.1) is 11.3 Å². The fourth-order valence-corrected chi connectivity index (χ4v) is 3.37. The molecule has 1 saturated heterocycles. The van der Waals surface area contributed by atoms with Gasteiger partial charge in [0, 0.05) is 19.6 Å². The van der Waals surface area contributed by atoms with Crippen molar-refractivity contribution in [3.05, 3.63) is 0 Å². The fourth-order valence-electron chi connectivity index (χ4n) is 1.69. The molecule has 1 aliphatic rings. The highest BCUT2D eigenvalue weighted by Gasteiger charge is 2.30. The van der Waals surface area contributed by atoms with E-state index in [9.17, 15) is 8.42 Å². The summed E-state index contributed by atoms with van der Waals surface area (Å²) in [4.78, 5) is 0. The lowest BCUT2D eigenvalue weighted by Crippen LogP contribution is -2.43. The van der Waals surface area contributed by atoms with E-state index in [0.29, 0.717) is 19.6 Å². The smallest absolute Gasteiger partial charge is 0.197 e. The van der Waals surface area contributed by atoms with Gasteiger partial charge in [-0.2, -0.15) is 22.3 Å². The third-order valence-corrected chi connectivity index (χ3v) is 4.42. The summed E-state index contributed by atoms with van der Waals surface area (Å²) in [5.41, 5.74) is 0. The Morgan fingerprint density at radius 2 is 2.00 bits per heavy atom. The zero-order valence-corrected chi connectivity index (χ0v) is 9.83. The zero-order chi connectivity index (χ0) is 11.3. The van der Waals surface area contributed by atoms with Gasteiger partial charge in [0.2, 0.25) is 0 Å². The predicted octanol–water partition coefficient (Wildman–Crippen LogP) is 0.563. The Morgan fingerprint density at radius 1 is 1.40 bits per heavy atom. The van der Waals surface area contributed by atoms with Crippen LogP contribution in [0.1, 0.15) is 26.2 Å². The molecule has 0 aromatic carbocycles. The van der Waals surface area contributed by atoms with E-state index in [2.05, 4.69) is 0 Å². The van der Waals surface area contributed by atoms with Crippen molar-refractivity contribution in [2.45, 2.75) is 26.2 Å². The Hall–Kier alpha value is -0.640. The van der Waals surface area contributed by atoms with Crippen molar-refractivity contribution in [2.75, 3.05) is 26.2 Å². The largest absolute Gasteiger partial charge is 0.282 e. The molecule has 1 heterocycles. The molecule has 0 radical (unpaired) electrons. The molecule has 0 N–H and O–H groups in total. The van der Waals surface area contributed by atoms with Crippen molar-refractivity contribution in [3.63, 3.8) is 0 Å². The molecule has 0 aromatic rings. The van der Waals surface area contributed by atoms with Gasteiger partial charge in [0.15, 0.2) is 0 Å². The summed E-state index contributed by atoms with van der Waals surface area (Å²) in [6, 6.07) is 1.90. The van der Waals surface area contributed by atoms with Crippen LogP contribution >= 0.6 is 0 Å². The van der Waals surface area contributed by atoms with Crippen LogP contribution in [0.25, 0.3) is 0 Å². The van der Waals surface area contributed by atoms with Gasteiger partial charge in [-0.15, -0.1) is 0 Å². The van der Waals surface area contributed by atoms with Crippen LogP contribution in [-0.4, -0.2) is 43.2 Å². The van der Waals surface area contributed by atoms with E-state index in [1.54, 1.807) is 0 Å². The van der Waals surface area contributed by atoms with Crippen molar-refractivity contribution in [1.82, 2.24) is 8.61 Å². The number of nitrogens with zero attached hydrogens (tertiary/aromatic N) is 3. The lowest BCUT2D eigenvalue weighted by Gasteiger charge is -2.24. The summed E-state index contributed by atoms with van der Waals surface area (Å²) in [5, 5.41) is 8.59. The van der Waals surface area contributed by atoms with Crippen molar-refractivity contribution >= 4 is 10.2 Å². The van der Waals surface area contributed by atoms with Gasteiger partial charge in [-0.1, -0.05) is 6.92 Å². The quantitative estimate of drug-likeness (QED) is 0.649. The van der Waals surface area contributed by atoms with Crippen molar-refractivity contribution in [2.24, 2.45) is 0 Å². The molecule has 6 heteroatoms. The first kappa shape index (κ1) is 12.4. The van der Waals surface area contributed by atoms with Gasteiger partial charge in [-0.25, -0.2) is 0 Å².